The van der Waals surface area contributed by atoms with Crippen LogP contribution in [0.15, 0.2) is 145 Å². The third-order valence-corrected chi connectivity index (χ3v) is 14.9. The Morgan fingerprint density at radius 3 is 1.73 bits per heavy atom. The van der Waals surface area contributed by atoms with Crippen LogP contribution in [-0.4, -0.2) is 15.9 Å². The summed E-state index contributed by atoms with van der Waals surface area (Å²) >= 11 is 0. The average Bonchev–Trinajstić information content (AvgIpc) is 3.85. The van der Waals surface area contributed by atoms with Crippen molar-refractivity contribution in [3.63, 3.8) is 0 Å². The van der Waals surface area contributed by atoms with Gasteiger partial charge >= 0.3 is 6.85 Å². The predicted molar refractivity (Wildman–Crippen MR) is 271 cm³/mol. The minimum absolute atomic E-state index is 0.00451. The molecule has 0 amide bonds. The second kappa shape index (κ2) is 12.5. The van der Waals surface area contributed by atoms with Crippen LogP contribution in [0.4, 0.5) is 11.4 Å². The van der Waals surface area contributed by atoms with Crippen molar-refractivity contribution in [3.05, 3.63) is 173 Å². The molecule has 3 aliphatic rings. The van der Waals surface area contributed by atoms with E-state index in [1.807, 2.05) is 0 Å². The minimum Gasteiger partial charge on any atom is -0.375 e. The van der Waals surface area contributed by atoms with Crippen molar-refractivity contribution in [1.29, 1.82) is 0 Å². The molecule has 2 aromatic heterocycles. The van der Waals surface area contributed by atoms with Gasteiger partial charge in [0.25, 0.3) is 0 Å². The number of benzene rings is 7. The summed E-state index contributed by atoms with van der Waals surface area (Å²) in [5.41, 5.74) is 22.2. The van der Waals surface area contributed by atoms with Crippen LogP contribution in [0.25, 0.3) is 65.9 Å². The normalized spacial score (nSPS) is 15.5. The lowest BCUT2D eigenvalue weighted by molar-refractivity contribution is 0.586. The van der Waals surface area contributed by atoms with Crippen LogP contribution in [0.5, 0.6) is 0 Å². The lowest BCUT2D eigenvalue weighted by Crippen LogP contribution is -2.50. The van der Waals surface area contributed by atoms with Crippen molar-refractivity contribution in [2.75, 3.05) is 4.90 Å². The zero-order valence-electron chi connectivity index (χ0n) is 38.7. The fourth-order valence-corrected chi connectivity index (χ4v) is 11.7. The highest BCUT2D eigenvalue weighted by Gasteiger charge is 2.53. The number of anilines is 2. The van der Waals surface area contributed by atoms with Crippen molar-refractivity contribution in [1.82, 2.24) is 9.05 Å². The molecule has 12 rings (SSSR count). The number of hydrogen-bond acceptors (Lipinski definition) is 1. The molecule has 0 bridgehead atoms. The van der Waals surface area contributed by atoms with E-state index in [2.05, 4.69) is 230 Å². The number of aromatic nitrogens is 2. The molecule has 3 nitrogen and oxygen atoms in total. The van der Waals surface area contributed by atoms with Crippen LogP contribution >= 0.6 is 0 Å². The molecule has 2 aliphatic heterocycles. The lowest BCUT2D eigenvalue weighted by Gasteiger charge is -2.44. The highest BCUT2D eigenvalue weighted by molar-refractivity contribution is 6.93. The molecular weight excluding hydrogens is 761 g/mol. The van der Waals surface area contributed by atoms with Crippen molar-refractivity contribution in [2.24, 2.45) is 0 Å². The van der Waals surface area contributed by atoms with Gasteiger partial charge in [0.2, 0.25) is 0 Å². The highest BCUT2D eigenvalue weighted by atomic mass is 15.2. The standard InChI is InChI=1S/C59H56BN3/c1-56(2,3)35-25-28-39(29-26-35)62-49-33-37(58(7,8)9)32-42-43-34-48-50(40-21-15-17-23-46(40)61(48)38-19-13-12-14-20-38)51-41-22-16-18-24-47(41)63(54(43)51)60(52(42)49)53-44-31-36(57(4,5)6)27-30-45(44)59(10,11)55(53)62/h12-34H,1-11H3. The Labute approximate surface area is 372 Å². The first-order valence-electron chi connectivity index (χ1n) is 23.0. The van der Waals surface area contributed by atoms with Gasteiger partial charge in [0.1, 0.15) is 0 Å². The molecule has 0 saturated carbocycles. The number of hydrogen-bond donors (Lipinski definition) is 0. The number of para-hydroxylation sites is 3. The molecule has 1 aliphatic carbocycles. The van der Waals surface area contributed by atoms with Crippen molar-refractivity contribution >= 4 is 72.8 Å². The molecule has 0 spiro atoms. The number of allylic oxidation sites excluding steroid dienone is 1. The Balaban J connectivity index is 1.31. The largest absolute Gasteiger partial charge is 0.375 e. The molecule has 0 N–H and O–H groups in total. The topological polar surface area (TPSA) is 13.1 Å². The van der Waals surface area contributed by atoms with E-state index in [4.69, 9.17) is 0 Å². The molecular formula is C59H56BN3. The van der Waals surface area contributed by atoms with Crippen LogP contribution in [-0.2, 0) is 21.7 Å². The van der Waals surface area contributed by atoms with E-state index in [9.17, 15) is 0 Å². The lowest BCUT2D eigenvalue weighted by atomic mass is 9.43. The Kier molecular flexibility index (Phi) is 7.61. The maximum atomic E-state index is 2.78. The van der Waals surface area contributed by atoms with E-state index in [1.54, 1.807) is 0 Å². The summed E-state index contributed by atoms with van der Waals surface area (Å²) in [4.78, 5) is 2.69. The third kappa shape index (κ3) is 5.15. The molecule has 4 heterocycles. The number of fused-ring (bicyclic) bond motifs is 12. The maximum absolute atomic E-state index is 2.78. The van der Waals surface area contributed by atoms with Crippen molar-refractivity contribution in [3.8, 4) is 16.8 Å². The quantitative estimate of drug-likeness (QED) is 0.158. The van der Waals surface area contributed by atoms with Crippen LogP contribution in [0.3, 0.4) is 0 Å². The van der Waals surface area contributed by atoms with Crippen LogP contribution in [0, 0.1) is 0 Å². The molecule has 0 radical (unpaired) electrons. The van der Waals surface area contributed by atoms with Gasteiger partial charge in [-0.2, -0.15) is 0 Å². The zero-order valence-corrected chi connectivity index (χ0v) is 38.7. The molecule has 0 unspecified atom stereocenters. The summed E-state index contributed by atoms with van der Waals surface area (Å²) < 4.78 is 5.29. The van der Waals surface area contributed by atoms with Gasteiger partial charge < -0.3 is 13.9 Å². The summed E-state index contributed by atoms with van der Waals surface area (Å²) in [6, 6.07) is 53.9. The monoisotopic (exact) mass is 817 g/mol. The summed E-state index contributed by atoms with van der Waals surface area (Å²) in [7, 11) is 0. The van der Waals surface area contributed by atoms with Crippen molar-refractivity contribution in [2.45, 2.75) is 97.8 Å². The molecule has 7 aromatic carbocycles. The van der Waals surface area contributed by atoms with Crippen LogP contribution < -0.4 is 10.4 Å². The van der Waals surface area contributed by atoms with Crippen LogP contribution in [0.2, 0.25) is 0 Å². The fourth-order valence-electron chi connectivity index (χ4n) is 11.7. The first kappa shape index (κ1) is 38.4. The molecule has 0 saturated heterocycles. The van der Waals surface area contributed by atoms with Crippen LogP contribution in [0.1, 0.15) is 104 Å². The summed E-state index contributed by atoms with van der Waals surface area (Å²) in [6.07, 6.45) is 0. The Morgan fingerprint density at radius 1 is 0.476 bits per heavy atom. The first-order chi connectivity index (χ1) is 29.9. The van der Waals surface area contributed by atoms with E-state index < -0.39 is 0 Å². The van der Waals surface area contributed by atoms with E-state index in [0.29, 0.717) is 0 Å². The SMILES string of the molecule is CC(C)(C)c1ccc(N2C3=C(B4c5c(cc(C(C)(C)C)cc52)-c2cc5c(c6ccccc6n5-c5ccccc5)c5c6ccccc6n4c25)c2cc(C(C)(C)C)ccc2C3(C)C)cc1. The predicted octanol–water partition coefficient (Wildman–Crippen LogP) is 14.9. The molecule has 9 aromatic rings. The van der Waals surface area contributed by atoms with Gasteiger partial charge in [-0.25, -0.2) is 0 Å². The third-order valence-electron chi connectivity index (χ3n) is 14.9. The molecule has 63 heavy (non-hydrogen) atoms. The van der Waals surface area contributed by atoms with E-state index in [-0.39, 0.29) is 28.5 Å². The van der Waals surface area contributed by atoms with Gasteiger partial charge in [-0.3, -0.25) is 0 Å². The summed E-state index contributed by atoms with van der Waals surface area (Å²) in [5, 5.41) is 5.27. The number of rotatable bonds is 2. The summed E-state index contributed by atoms with van der Waals surface area (Å²) in [5.74, 6) is 0. The molecule has 0 atom stereocenters. The minimum atomic E-state index is -0.283. The van der Waals surface area contributed by atoms with E-state index >= 15 is 0 Å². The Hall–Kier alpha value is -6.26. The molecule has 4 heteroatoms. The van der Waals surface area contributed by atoms with Gasteiger partial charge in [0.05, 0.1) is 11.0 Å². The van der Waals surface area contributed by atoms with E-state index in [1.165, 1.54) is 116 Å². The summed E-state index contributed by atoms with van der Waals surface area (Å²) in [6.45, 7) is 26.0. The van der Waals surface area contributed by atoms with Gasteiger partial charge in [-0.15, -0.1) is 0 Å². The number of nitrogens with zero attached hydrogens (tertiary/aromatic N) is 3. The molecule has 0 fully saturated rings. The Bertz CT molecular complexity index is 3460. The van der Waals surface area contributed by atoms with Gasteiger partial charge in [0, 0.05) is 66.3 Å². The zero-order chi connectivity index (χ0) is 43.7. The van der Waals surface area contributed by atoms with Crippen molar-refractivity contribution < 1.29 is 0 Å². The van der Waals surface area contributed by atoms with Gasteiger partial charge in [0.15, 0.2) is 0 Å². The molecule has 310 valence electrons. The highest BCUT2D eigenvalue weighted by Crippen LogP contribution is 2.58. The average molecular weight is 818 g/mol. The second-order valence-electron chi connectivity index (χ2n) is 22.3. The maximum Gasteiger partial charge on any atom is 0.333 e. The second-order valence-corrected chi connectivity index (χ2v) is 22.3. The van der Waals surface area contributed by atoms with Gasteiger partial charge in [-0.1, -0.05) is 167 Å². The fraction of sp³-hybridized carbons (Fsp3) is 0.254. The first-order valence-corrected chi connectivity index (χ1v) is 23.0. The van der Waals surface area contributed by atoms with E-state index in [0.717, 1.165) is 0 Å². The Morgan fingerprint density at radius 2 is 1.06 bits per heavy atom. The van der Waals surface area contributed by atoms with Gasteiger partial charge in [-0.05, 0) is 109 Å². The smallest absolute Gasteiger partial charge is 0.333 e.